The Kier molecular flexibility index (Phi) is 9.67. The lowest BCUT2D eigenvalue weighted by atomic mass is 9.78. The van der Waals surface area contributed by atoms with Gasteiger partial charge in [0.15, 0.2) is 0 Å². The summed E-state index contributed by atoms with van der Waals surface area (Å²) in [4.78, 5) is 0. The first-order chi connectivity index (χ1) is 14.3. The highest BCUT2D eigenvalue weighted by molar-refractivity contribution is 5.41. The van der Waals surface area contributed by atoms with E-state index in [1.54, 1.807) is 0 Å². The average Bonchev–Trinajstić information content (AvgIpc) is 2.71. The summed E-state index contributed by atoms with van der Waals surface area (Å²) in [6, 6.07) is 16.7. The maximum absolute atomic E-state index is 5.83. The van der Waals surface area contributed by atoms with Crippen LogP contribution in [0.5, 0.6) is 11.5 Å². The summed E-state index contributed by atoms with van der Waals surface area (Å²) < 4.78 is 22.7. The second kappa shape index (κ2) is 12.0. The molecular weight excluding hydrogens is 376 g/mol. The van der Waals surface area contributed by atoms with Gasteiger partial charge in [-0.2, -0.15) is 0 Å². The molecule has 0 aliphatic carbocycles. The summed E-state index contributed by atoms with van der Waals surface area (Å²) in [5, 5.41) is 0. The van der Waals surface area contributed by atoms with E-state index in [4.69, 9.17) is 18.9 Å². The molecule has 0 aliphatic rings. The standard InChI is InChI=1S/C26H38O4/c1-20(2)27-16-7-17-29-24-12-8-22(9-13-24)26(5,6)23-10-14-25(15-11-23)30-19-18-28-21(3)4/h8-15,20-21H,7,16-19H2,1-6H3. The van der Waals surface area contributed by atoms with Crippen molar-refractivity contribution in [2.45, 2.75) is 65.6 Å². The van der Waals surface area contributed by atoms with Crippen LogP contribution in [-0.4, -0.2) is 38.6 Å². The molecule has 0 radical (unpaired) electrons. The maximum atomic E-state index is 5.83. The van der Waals surface area contributed by atoms with Gasteiger partial charge in [0.05, 0.1) is 32.0 Å². The minimum absolute atomic E-state index is 0.108. The van der Waals surface area contributed by atoms with Crippen molar-refractivity contribution in [3.8, 4) is 11.5 Å². The van der Waals surface area contributed by atoms with E-state index < -0.39 is 0 Å². The summed E-state index contributed by atoms with van der Waals surface area (Å²) in [7, 11) is 0. The molecule has 0 N–H and O–H groups in total. The van der Waals surface area contributed by atoms with E-state index in [0.29, 0.717) is 19.8 Å². The lowest BCUT2D eigenvalue weighted by Crippen LogP contribution is -2.18. The molecule has 0 saturated heterocycles. The number of hydrogen-bond donors (Lipinski definition) is 0. The predicted octanol–water partition coefficient (Wildman–Crippen LogP) is 6.01. The fourth-order valence-electron chi connectivity index (χ4n) is 3.11. The van der Waals surface area contributed by atoms with Crippen LogP contribution < -0.4 is 9.47 Å². The Morgan fingerprint density at radius 2 is 1.03 bits per heavy atom. The molecular formula is C26H38O4. The smallest absolute Gasteiger partial charge is 0.119 e. The third-order valence-corrected chi connectivity index (χ3v) is 4.96. The highest BCUT2D eigenvalue weighted by Gasteiger charge is 2.23. The highest BCUT2D eigenvalue weighted by Crippen LogP contribution is 2.33. The zero-order chi connectivity index (χ0) is 22.0. The van der Waals surface area contributed by atoms with Gasteiger partial charge in [-0.25, -0.2) is 0 Å². The van der Waals surface area contributed by atoms with Crippen LogP contribution in [0, 0.1) is 0 Å². The van der Waals surface area contributed by atoms with Gasteiger partial charge in [-0.1, -0.05) is 38.1 Å². The van der Waals surface area contributed by atoms with Crippen LogP contribution >= 0.6 is 0 Å². The second-order valence-corrected chi connectivity index (χ2v) is 8.56. The topological polar surface area (TPSA) is 36.9 Å². The van der Waals surface area contributed by atoms with Gasteiger partial charge in [-0.15, -0.1) is 0 Å². The Bertz CT molecular complexity index is 718. The van der Waals surface area contributed by atoms with Gasteiger partial charge in [-0.05, 0) is 63.1 Å². The SMILES string of the molecule is CC(C)OCCCOc1ccc(C(C)(C)c2ccc(OCCOC(C)C)cc2)cc1. The van der Waals surface area contributed by atoms with Crippen LogP contribution in [0.15, 0.2) is 48.5 Å². The lowest BCUT2D eigenvalue weighted by molar-refractivity contribution is 0.0552. The van der Waals surface area contributed by atoms with Crippen molar-refractivity contribution in [3.05, 3.63) is 59.7 Å². The fraction of sp³-hybridized carbons (Fsp3) is 0.538. The van der Waals surface area contributed by atoms with E-state index in [-0.39, 0.29) is 17.6 Å². The Labute approximate surface area is 182 Å². The molecule has 0 amide bonds. The molecule has 30 heavy (non-hydrogen) atoms. The van der Waals surface area contributed by atoms with Crippen LogP contribution in [0.2, 0.25) is 0 Å². The Morgan fingerprint density at radius 3 is 1.50 bits per heavy atom. The van der Waals surface area contributed by atoms with Crippen molar-refractivity contribution in [2.75, 3.05) is 26.4 Å². The van der Waals surface area contributed by atoms with E-state index in [9.17, 15) is 0 Å². The van der Waals surface area contributed by atoms with Crippen molar-refractivity contribution in [3.63, 3.8) is 0 Å². The summed E-state index contributed by atoms with van der Waals surface area (Å²) in [6.45, 7) is 15.2. The largest absolute Gasteiger partial charge is 0.494 e. The van der Waals surface area contributed by atoms with Gasteiger partial charge in [0.2, 0.25) is 0 Å². The maximum Gasteiger partial charge on any atom is 0.119 e. The van der Waals surface area contributed by atoms with E-state index in [0.717, 1.165) is 24.5 Å². The van der Waals surface area contributed by atoms with E-state index in [1.165, 1.54) is 11.1 Å². The summed E-state index contributed by atoms with van der Waals surface area (Å²) in [6.07, 6.45) is 1.39. The fourth-order valence-corrected chi connectivity index (χ4v) is 3.11. The Morgan fingerprint density at radius 1 is 0.600 bits per heavy atom. The quantitative estimate of drug-likeness (QED) is 0.376. The summed E-state index contributed by atoms with van der Waals surface area (Å²) in [5.41, 5.74) is 2.38. The average molecular weight is 415 g/mol. The lowest BCUT2D eigenvalue weighted by Gasteiger charge is -2.26. The zero-order valence-electron chi connectivity index (χ0n) is 19.4. The Hall–Kier alpha value is -2.04. The van der Waals surface area contributed by atoms with Crippen molar-refractivity contribution in [1.82, 2.24) is 0 Å². The van der Waals surface area contributed by atoms with E-state index in [2.05, 4.69) is 38.1 Å². The van der Waals surface area contributed by atoms with E-state index >= 15 is 0 Å². The third kappa shape index (κ3) is 8.00. The summed E-state index contributed by atoms with van der Waals surface area (Å²) in [5.74, 6) is 1.76. The summed E-state index contributed by atoms with van der Waals surface area (Å²) >= 11 is 0. The predicted molar refractivity (Wildman–Crippen MR) is 123 cm³/mol. The number of ether oxygens (including phenoxy) is 4. The minimum atomic E-state index is -0.108. The van der Waals surface area contributed by atoms with Crippen LogP contribution in [0.25, 0.3) is 0 Å². The molecule has 166 valence electrons. The van der Waals surface area contributed by atoms with Gasteiger partial charge < -0.3 is 18.9 Å². The molecule has 4 nitrogen and oxygen atoms in total. The van der Waals surface area contributed by atoms with Crippen molar-refractivity contribution in [1.29, 1.82) is 0 Å². The molecule has 0 atom stereocenters. The Balaban J connectivity index is 1.88. The minimum Gasteiger partial charge on any atom is -0.494 e. The third-order valence-electron chi connectivity index (χ3n) is 4.96. The first-order valence-electron chi connectivity index (χ1n) is 11.0. The van der Waals surface area contributed by atoms with Crippen LogP contribution in [0.3, 0.4) is 0 Å². The van der Waals surface area contributed by atoms with E-state index in [1.807, 2.05) is 52.0 Å². The molecule has 0 saturated carbocycles. The molecule has 4 heteroatoms. The molecule has 0 heterocycles. The number of hydrogen-bond acceptors (Lipinski definition) is 4. The molecule has 0 spiro atoms. The first-order valence-corrected chi connectivity index (χ1v) is 11.0. The molecule has 0 fully saturated rings. The molecule has 0 aliphatic heterocycles. The van der Waals surface area contributed by atoms with Gasteiger partial charge >= 0.3 is 0 Å². The van der Waals surface area contributed by atoms with Crippen LogP contribution in [-0.2, 0) is 14.9 Å². The van der Waals surface area contributed by atoms with Gasteiger partial charge in [0.25, 0.3) is 0 Å². The van der Waals surface area contributed by atoms with Crippen molar-refractivity contribution in [2.24, 2.45) is 0 Å². The highest BCUT2D eigenvalue weighted by atomic mass is 16.5. The number of rotatable bonds is 13. The molecule has 0 unspecified atom stereocenters. The zero-order valence-corrected chi connectivity index (χ0v) is 19.4. The molecule has 2 rings (SSSR count). The van der Waals surface area contributed by atoms with Gasteiger partial charge in [-0.3, -0.25) is 0 Å². The van der Waals surface area contributed by atoms with Crippen molar-refractivity contribution < 1.29 is 18.9 Å². The molecule has 0 bridgehead atoms. The molecule has 0 aromatic heterocycles. The monoisotopic (exact) mass is 414 g/mol. The second-order valence-electron chi connectivity index (χ2n) is 8.56. The first kappa shape index (κ1) is 24.2. The number of benzene rings is 2. The van der Waals surface area contributed by atoms with Gasteiger partial charge in [0, 0.05) is 11.8 Å². The normalized spacial score (nSPS) is 11.9. The van der Waals surface area contributed by atoms with Crippen molar-refractivity contribution >= 4 is 0 Å². The molecule has 2 aromatic rings. The van der Waals surface area contributed by atoms with Gasteiger partial charge in [0.1, 0.15) is 18.1 Å². The van der Waals surface area contributed by atoms with Crippen LogP contribution in [0.4, 0.5) is 0 Å². The molecule has 2 aromatic carbocycles. The van der Waals surface area contributed by atoms with Crippen LogP contribution in [0.1, 0.15) is 59.1 Å².